The van der Waals surface area contributed by atoms with Gasteiger partial charge in [-0.2, -0.15) is 0 Å². The fraction of sp³-hybridized carbons (Fsp3) is 0.0435. The number of carbonyl (C=O) groups is 1. The van der Waals surface area contributed by atoms with Crippen LogP contribution in [0.5, 0.6) is 0 Å². The summed E-state index contributed by atoms with van der Waals surface area (Å²) in [5.41, 5.74) is 2.39. The number of hydrogen-bond acceptors (Lipinski definition) is 7. The molecule has 1 N–H and O–H groups in total. The number of ketones is 1. The minimum absolute atomic E-state index is 0.0867. The summed E-state index contributed by atoms with van der Waals surface area (Å²) in [6, 6.07) is 15.9. The van der Waals surface area contributed by atoms with Crippen LogP contribution in [0.2, 0.25) is 0 Å². The Morgan fingerprint density at radius 1 is 1.06 bits per heavy atom. The number of sulfonamides is 1. The molecule has 0 amide bonds. The minimum Gasteiger partial charge on any atom is -0.287 e. The average Bonchev–Trinajstić information content (AvgIpc) is 3.46. The molecule has 8 nitrogen and oxygen atoms in total. The van der Waals surface area contributed by atoms with Crippen LogP contribution < -0.4 is 4.72 Å². The first-order valence-corrected chi connectivity index (χ1v) is 12.2. The molecular weight excluding hydrogens is 458 g/mol. The molecule has 4 rings (SSSR count). The Balaban J connectivity index is 1.47. The average molecular weight is 478 g/mol. The summed E-state index contributed by atoms with van der Waals surface area (Å²) in [6.45, 7) is 1.73. The third kappa shape index (κ3) is 5.30. The van der Waals surface area contributed by atoms with Gasteiger partial charge in [-0.3, -0.25) is 9.52 Å². The predicted octanol–water partition coefficient (Wildman–Crippen LogP) is 4.29. The van der Waals surface area contributed by atoms with E-state index < -0.39 is 10.0 Å². The van der Waals surface area contributed by atoms with E-state index in [1.54, 1.807) is 36.6 Å². The number of rotatable bonds is 8. The number of nitrogens with zero attached hydrogens (tertiary/aromatic N) is 4. The summed E-state index contributed by atoms with van der Waals surface area (Å²) in [7, 11) is -3.75. The summed E-state index contributed by atoms with van der Waals surface area (Å²) in [6.07, 6.45) is 8.29. The Kier molecular flexibility index (Phi) is 6.57. The van der Waals surface area contributed by atoms with Gasteiger partial charge in [-0.25, -0.2) is 18.1 Å². The van der Waals surface area contributed by atoms with Crippen LogP contribution in [-0.4, -0.2) is 34.2 Å². The second-order valence-corrected chi connectivity index (χ2v) is 9.44. The van der Waals surface area contributed by atoms with Gasteiger partial charge in [-0.05, 0) is 42.8 Å². The molecule has 0 atom stereocenters. The zero-order valence-corrected chi connectivity index (χ0v) is 19.1. The maximum atomic E-state index is 12.5. The van der Waals surface area contributed by atoms with Crippen molar-refractivity contribution in [3.8, 4) is 5.69 Å². The molecule has 0 fully saturated rings. The lowest BCUT2D eigenvalue weighted by atomic mass is 10.2. The lowest BCUT2D eigenvalue weighted by Crippen LogP contribution is -2.13. The molecule has 4 aromatic rings. The van der Waals surface area contributed by atoms with Crippen LogP contribution in [0.1, 0.15) is 21.7 Å². The second-order valence-electron chi connectivity index (χ2n) is 6.87. The first-order valence-electron chi connectivity index (χ1n) is 9.83. The minimum atomic E-state index is -3.75. The highest BCUT2D eigenvalue weighted by atomic mass is 32.2. The fourth-order valence-electron chi connectivity index (χ4n) is 2.97. The first kappa shape index (κ1) is 22.3. The van der Waals surface area contributed by atoms with Gasteiger partial charge in [0, 0.05) is 11.6 Å². The smallest absolute Gasteiger partial charge is 0.263 e. The quantitative estimate of drug-likeness (QED) is 0.231. The van der Waals surface area contributed by atoms with Crippen molar-refractivity contribution in [3.05, 3.63) is 101 Å². The van der Waals surface area contributed by atoms with Crippen molar-refractivity contribution >= 4 is 38.4 Å². The Morgan fingerprint density at radius 2 is 1.82 bits per heavy atom. The van der Waals surface area contributed by atoms with Gasteiger partial charge in [-0.15, -0.1) is 16.4 Å². The molecule has 2 aromatic carbocycles. The molecule has 0 spiro atoms. The SMILES string of the molecule is Cc1c(C(=O)/C=C/C=C/c2ccccc2)nnn1-c1ccc(S(=O)(=O)Nc2nccs2)cc1. The van der Waals surface area contributed by atoms with Crippen molar-refractivity contribution in [2.75, 3.05) is 4.72 Å². The molecule has 0 saturated carbocycles. The molecule has 0 aliphatic rings. The Morgan fingerprint density at radius 3 is 2.52 bits per heavy atom. The van der Waals surface area contributed by atoms with Crippen LogP contribution in [0, 0.1) is 6.92 Å². The van der Waals surface area contributed by atoms with Crippen molar-refractivity contribution < 1.29 is 13.2 Å². The predicted molar refractivity (Wildman–Crippen MR) is 128 cm³/mol. The number of allylic oxidation sites excluding steroid dienone is 3. The zero-order valence-electron chi connectivity index (χ0n) is 17.5. The van der Waals surface area contributed by atoms with Gasteiger partial charge < -0.3 is 0 Å². The monoisotopic (exact) mass is 477 g/mol. The Bertz CT molecular complexity index is 1410. The van der Waals surface area contributed by atoms with Crippen LogP contribution in [0.3, 0.4) is 0 Å². The molecule has 2 aromatic heterocycles. The highest BCUT2D eigenvalue weighted by molar-refractivity contribution is 7.93. The molecule has 2 heterocycles. The number of aromatic nitrogens is 4. The maximum absolute atomic E-state index is 12.5. The molecule has 33 heavy (non-hydrogen) atoms. The summed E-state index contributed by atoms with van der Waals surface area (Å²) in [5.74, 6) is -0.275. The molecule has 166 valence electrons. The summed E-state index contributed by atoms with van der Waals surface area (Å²) < 4.78 is 28.9. The van der Waals surface area contributed by atoms with Gasteiger partial charge in [0.1, 0.15) is 0 Å². The van der Waals surface area contributed by atoms with E-state index in [2.05, 4.69) is 20.0 Å². The number of carbonyl (C=O) groups excluding carboxylic acids is 1. The maximum Gasteiger partial charge on any atom is 0.263 e. The number of benzene rings is 2. The lowest BCUT2D eigenvalue weighted by Gasteiger charge is -2.07. The van der Waals surface area contributed by atoms with Crippen molar-refractivity contribution in [2.45, 2.75) is 11.8 Å². The van der Waals surface area contributed by atoms with E-state index in [0.717, 1.165) is 5.56 Å². The normalized spacial score (nSPS) is 11.9. The molecule has 0 aliphatic carbocycles. The lowest BCUT2D eigenvalue weighted by molar-refractivity contribution is 0.104. The van der Waals surface area contributed by atoms with Crippen molar-refractivity contribution in [1.29, 1.82) is 0 Å². The van der Waals surface area contributed by atoms with E-state index in [9.17, 15) is 13.2 Å². The molecule has 0 unspecified atom stereocenters. The first-order chi connectivity index (χ1) is 15.9. The van der Waals surface area contributed by atoms with Crippen LogP contribution in [0.15, 0.2) is 89.3 Å². The van der Waals surface area contributed by atoms with E-state index in [-0.39, 0.29) is 16.4 Å². The van der Waals surface area contributed by atoms with E-state index in [1.807, 2.05) is 36.4 Å². The third-order valence-corrected chi connectivity index (χ3v) is 6.79. The van der Waals surface area contributed by atoms with Gasteiger partial charge in [0.05, 0.1) is 16.3 Å². The van der Waals surface area contributed by atoms with E-state index in [0.29, 0.717) is 16.5 Å². The van der Waals surface area contributed by atoms with Crippen LogP contribution in [-0.2, 0) is 10.0 Å². The van der Waals surface area contributed by atoms with Gasteiger partial charge in [0.2, 0.25) is 5.78 Å². The van der Waals surface area contributed by atoms with Crippen molar-refractivity contribution in [3.63, 3.8) is 0 Å². The van der Waals surface area contributed by atoms with Crippen LogP contribution >= 0.6 is 11.3 Å². The zero-order chi connectivity index (χ0) is 23.3. The van der Waals surface area contributed by atoms with Gasteiger partial charge >= 0.3 is 0 Å². The van der Waals surface area contributed by atoms with E-state index >= 15 is 0 Å². The van der Waals surface area contributed by atoms with Gasteiger partial charge in [0.15, 0.2) is 10.8 Å². The summed E-state index contributed by atoms with van der Waals surface area (Å²) >= 11 is 1.19. The number of anilines is 1. The third-order valence-electron chi connectivity index (χ3n) is 4.62. The number of hydrogen-bond donors (Lipinski definition) is 1. The van der Waals surface area contributed by atoms with E-state index in [4.69, 9.17) is 0 Å². The molecular formula is C23H19N5O3S2. The largest absolute Gasteiger partial charge is 0.287 e. The topological polar surface area (TPSA) is 107 Å². The van der Waals surface area contributed by atoms with Crippen molar-refractivity contribution in [2.24, 2.45) is 0 Å². The van der Waals surface area contributed by atoms with Crippen LogP contribution in [0.4, 0.5) is 5.13 Å². The molecule has 0 radical (unpaired) electrons. The fourth-order valence-corrected chi connectivity index (χ4v) is 4.76. The number of nitrogens with one attached hydrogen (secondary N) is 1. The number of thiazole rings is 1. The van der Waals surface area contributed by atoms with Crippen molar-refractivity contribution in [1.82, 2.24) is 20.0 Å². The van der Waals surface area contributed by atoms with Gasteiger partial charge in [-0.1, -0.05) is 53.8 Å². The Hall–Kier alpha value is -3.89. The molecule has 10 heteroatoms. The highest BCUT2D eigenvalue weighted by Crippen LogP contribution is 2.20. The van der Waals surface area contributed by atoms with Gasteiger partial charge in [0.25, 0.3) is 10.0 Å². The highest BCUT2D eigenvalue weighted by Gasteiger charge is 2.18. The summed E-state index contributed by atoms with van der Waals surface area (Å²) in [4.78, 5) is 16.5. The Labute approximate surface area is 195 Å². The van der Waals surface area contributed by atoms with E-state index in [1.165, 1.54) is 40.4 Å². The summed E-state index contributed by atoms with van der Waals surface area (Å²) in [5, 5.41) is 10.0. The molecule has 0 aliphatic heterocycles. The van der Waals surface area contributed by atoms with Crippen LogP contribution in [0.25, 0.3) is 11.8 Å². The second kappa shape index (κ2) is 9.72. The standard InChI is InChI=1S/C23H19N5O3S2/c1-17-22(21(29)10-6-5-9-18-7-3-2-4-8-18)25-27-28(17)19-11-13-20(14-12-19)33(30,31)26-23-24-15-16-32-23/h2-16H,1H3,(H,24,26)/b9-5+,10-6+. The molecule has 0 bridgehead atoms. The molecule has 0 saturated heterocycles.